The Balaban J connectivity index is 2.91. The third-order valence-electron chi connectivity index (χ3n) is 1.48. The molecule has 3 nitrogen and oxygen atoms in total. The highest BCUT2D eigenvalue weighted by atomic mass is 35.5. The third-order valence-corrected chi connectivity index (χ3v) is 3.08. The highest BCUT2D eigenvalue weighted by Crippen LogP contribution is 2.29. The van der Waals surface area contributed by atoms with E-state index in [1.54, 1.807) is 0 Å². The maximum atomic E-state index is 5.93. The molecule has 1 heterocycles. The average Bonchev–Trinajstić information content (AvgIpc) is 2.20. The Morgan fingerprint density at radius 3 is 2.47 bits per heavy atom. The van der Waals surface area contributed by atoms with E-state index in [0.717, 1.165) is 12.2 Å². The van der Waals surface area contributed by atoms with Gasteiger partial charge in [-0.05, 0) is 12.6 Å². The fourth-order valence-electron chi connectivity index (χ4n) is 0.869. The van der Waals surface area contributed by atoms with Crippen molar-refractivity contribution in [1.29, 1.82) is 0 Å². The summed E-state index contributed by atoms with van der Waals surface area (Å²) in [6.07, 6.45) is 2.53. The van der Waals surface area contributed by atoms with E-state index in [1.807, 2.05) is 0 Å². The molecule has 0 aliphatic rings. The maximum Gasteiger partial charge on any atom is 0.190 e. The number of aromatic nitrogens is 2. The van der Waals surface area contributed by atoms with E-state index in [-0.39, 0.29) is 0 Å². The van der Waals surface area contributed by atoms with Crippen molar-refractivity contribution in [3.8, 4) is 0 Å². The van der Waals surface area contributed by atoms with Gasteiger partial charge in [0.1, 0.15) is 5.69 Å². The molecule has 0 aliphatic heterocycles. The van der Waals surface area contributed by atoms with Crippen LogP contribution in [0.2, 0.25) is 10.3 Å². The van der Waals surface area contributed by atoms with E-state index in [9.17, 15) is 0 Å². The number of anilines is 1. The van der Waals surface area contributed by atoms with Gasteiger partial charge in [0.2, 0.25) is 0 Å². The van der Waals surface area contributed by atoms with Crippen LogP contribution < -0.4 is 5.32 Å². The summed E-state index contributed by atoms with van der Waals surface area (Å²) in [4.78, 5) is 8.23. The number of rotatable bonds is 5. The van der Waals surface area contributed by atoms with Gasteiger partial charge in [-0.15, -0.1) is 0 Å². The lowest BCUT2D eigenvalue weighted by molar-refractivity contribution is 0.964. The lowest BCUT2D eigenvalue weighted by Gasteiger charge is -2.06. The molecule has 0 saturated heterocycles. The van der Waals surface area contributed by atoms with Gasteiger partial charge in [-0.2, -0.15) is 0 Å². The lowest BCUT2D eigenvalue weighted by Crippen LogP contribution is -1.96. The van der Waals surface area contributed by atoms with Crippen LogP contribution in [0.3, 0.4) is 0 Å². The summed E-state index contributed by atoms with van der Waals surface area (Å²) in [5.41, 5.74) is 0.495. The first-order valence-corrected chi connectivity index (χ1v) is 6.16. The predicted octanol–water partition coefficient (Wildman–Crippen LogP) is 3.84. The fraction of sp³-hybridized carbons (Fsp3) is 0.333. The quantitative estimate of drug-likeness (QED) is 0.498. The van der Waals surface area contributed by atoms with Gasteiger partial charge in [0.25, 0.3) is 0 Å². The van der Waals surface area contributed by atoms with Crippen molar-refractivity contribution < 1.29 is 0 Å². The summed E-state index contributed by atoms with van der Waals surface area (Å²) in [6.45, 7) is 5.61. The number of thioether (sulfide) groups is 1. The highest BCUT2D eigenvalue weighted by Gasteiger charge is 2.10. The van der Waals surface area contributed by atoms with Crippen LogP contribution in [0.1, 0.15) is 13.3 Å². The second kappa shape index (κ2) is 6.20. The second-order valence-electron chi connectivity index (χ2n) is 2.66. The van der Waals surface area contributed by atoms with Crippen molar-refractivity contribution in [3.63, 3.8) is 0 Å². The Bertz CT molecular complexity index is 334. The van der Waals surface area contributed by atoms with Crippen molar-refractivity contribution in [2.45, 2.75) is 18.5 Å². The molecule has 0 atom stereocenters. The average molecular weight is 264 g/mol. The van der Waals surface area contributed by atoms with Gasteiger partial charge in [0.15, 0.2) is 15.5 Å². The van der Waals surface area contributed by atoms with E-state index in [1.165, 1.54) is 18.0 Å². The number of hydrogen-bond donors (Lipinski definition) is 1. The molecular formula is C9H11Cl2N3S. The Hall–Kier alpha value is -0.450. The van der Waals surface area contributed by atoms with E-state index in [2.05, 4.69) is 28.8 Å². The fourth-order valence-corrected chi connectivity index (χ4v) is 2.16. The molecule has 1 rings (SSSR count). The number of nitrogens with zero attached hydrogens (tertiary/aromatic N) is 2. The normalized spacial score (nSPS) is 10.1. The first kappa shape index (κ1) is 12.6. The van der Waals surface area contributed by atoms with Crippen LogP contribution in [-0.2, 0) is 0 Å². The van der Waals surface area contributed by atoms with Crippen LogP contribution >= 0.6 is 35.0 Å². The van der Waals surface area contributed by atoms with Crippen LogP contribution in [0.25, 0.3) is 0 Å². The zero-order valence-corrected chi connectivity index (χ0v) is 10.6. The Morgan fingerprint density at radius 1 is 1.40 bits per heavy atom. The second-order valence-corrected chi connectivity index (χ2v) is 4.44. The monoisotopic (exact) mass is 263 g/mol. The van der Waals surface area contributed by atoms with Gasteiger partial charge in [0.05, 0.1) is 0 Å². The number of nitrogens with one attached hydrogen (secondary N) is 1. The molecule has 0 bridgehead atoms. The summed E-state index contributed by atoms with van der Waals surface area (Å²) < 4.78 is 0. The summed E-state index contributed by atoms with van der Waals surface area (Å²) in [6, 6.07) is 0. The first-order chi connectivity index (χ1) is 7.19. The van der Waals surface area contributed by atoms with Crippen LogP contribution in [0.5, 0.6) is 0 Å². The molecule has 15 heavy (non-hydrogen) atoms. The van der Waals surface area contributed by atoms with Crippen LogP contribution in [0, 0.1) is 0 Å². The van der Waals surface area contributed by atoms with Gasteiger partial charge < -0.3 is 5.32 Å². The van der Waals surface area contributed by atoms with Gasteiger partial charge in [0, 0.05) is 5.75 Å². The predicted molar refractivity (Wildman–Crippen MR) is 66.9 cm³/mol. The molecule has 0 radical (unpaired) electrons. The molecule has 82 valence electrons. The molecule has 1 aromatic rings. The van der Waals surface area contributed by atoms with E-state index in [0.29, 0.717) is 21.2 Å². The van der Waals surface area contributed by atoms with Crippen molar-refractivity contribution in [2.75, 3.05) is 11.1 Å². The molecule has 0 amide bonds. The van der Waals surface area contributed by atoms with E-state index < -0.39 is 0 Å². The topological polar surface area (TPSA) is 37.8 Å². The third kappa shape index (κ3) is 3.55. The molecule has 0 spiro atoms. The minimum absolute atomic E-state index is 0.313. The van der Waals surface area contributed by atoms with Crippen LogP contribution in [0.15, 0.2) is 17.9 Å². The Labute approximate surface area is 103 Å². The van der Waals surface area contributed by atoms with Crippen LogP contribution in [-0.4, -0.2) is 15.7 Å². The zero-order valence-electron chi connectivity index (χ0n) is 8.26. The summed E-state index contributed by atoms with van der Waals surface area (Å²) >= 11 is 13.4. The molecular weight excluding hydrogens is 253 g/mol. The Kier molecular flexibility index (Phi) is 5.22. The van der Waals surface area contributed by atoms with Crippen molar-refractivity contribution in [3.05, 3.63) is 23.1 Å². The maximum absolute atomic E-state index is 5.93. The van der Waals surface area contributed by atoms with E-state index in [4.69, 9.17) is 23.2 Å². The van der Waals surface area contributed by atoms with Crippen molar-refractivity contribution in [1.82, 2.24) is 9.97 Å². The van der Waals surface area contributed by atoms with Crippen LogP contribution in [0.4, 0.5) is 5.69 Å². The zero-order chi connectivity index (χ0) is 11.3. The highest BCUT2D eigenvalue weighted by molar-refractivity contribution is 7.99. The molecule has 1 aromatic heterocycles. The Morgan fingerprint density at radius 2 is 2.00 bits per heavy atom. The largest absolute Gasteiger partial charge is 0.357 e. The molecule has 0 unspecified atom stereocenters. The van der Waals surface area contributed by atoms with Gasteiger partial charge in [-0.3, -0.25) is 0 Å². The minimum atomic E-state index is 0.313. The van der Waals surface area contributed by atoms with Gasteiger partial charge >= 0.3 is 0 Å². The molecule has 1 N–H and O–H groups in total. The lowest BCUT2D eigenvalue weighted by atomic mass is 10.5. The summed E-state index contributed by atoms with van der Waals surface area (Å²) in [5, 5.41) is 4.02. The van der Waals surface area contributed by atoms with Gasteiger partial charge in [-0.25, -0.2) is 9.97 Å². The number of halogens is 2. The summed E-state index contributed by atoms with van der Waals surface area (Å²) in [7, 11) is 0. The smallest absolute Gasteiger partial charge is 0.190 e. The molecule has 0 aliphatic carbocycles. The van der Waals surface area contributed by atoms with E-state index >= 15 is 0 Å². The van der Waals surface area contributed by atoms with Crippen molar-refractivity contribution >= 4 is 40.7 Å². The summed E-state index contributed by atoms with van der Waals surface area (Å²) in [5.74, 6) is 0.945. The van der Waals surface area contributed by atoms with Gasteiger partial charge in [-0.1, -0.05) is 48.5 Å². The molecule has 0 aromatic carbocycles. The molecule has 6 heteroatoms. The number of hydrogen-bond acceptors (Lipinski definition) is 4. The van der Waals surface area contributed by atoms with Crippen molar-refractivity contribution in [2.24, 2.45) is 0 Å². The SMILES string of the molecule is C=CNc1c(Cl)nc(SCCC)nc1Cl. The first-order valence-electron chi connectivity index (χ1n) is 4.42. The standard InChI is InChI=1S/C9H11Cl2N3S/c1-3-5-15-9-13-7(10)6(12-4-2)8(11)14-9/h4,12H,2-3,5H2,1H3. The minimum Gasteiger partial charge on any atom is -0.357 e. The molecule has 0 saturated carbocycles. The molecule has 0 fully saturated rings.